The molecule has 0 atom stereocenters. The number of halogens is 1. The highest BCUT2D eigenvalue weighted by molar-refractivity contribution is 6.16. The van der Waals surface area contributed by atoms with Crippen molar-refractivity contribution in [3.63, 3.8) is 0 Å². The summed E-state index contributed by atoms with van der Waals surface area (Å²) in [5, 5.41) is 8.36. The number of methoxy groups -OCH3 is 1. The molecule has 90 valence electrons. The van der Waals surface area contributed by atoms with Crippen molar-refractivity contribution >= 4 is 11.6 Å². The highest BCUT2D eigenvalue weighted by Crippen LogP contribution is 2.29. The van der Waals surface area contributed by atoms with Crippen molar-refractivity contribution in [1.29, 1.82) is 0 Å². The Morgan fingerprint density at radius 2 is 2.12 bits per heavy atom. The third-order valence-electron chi connectivity index (χ3n) is 3.20. The second kappa shape index (κ2) is 5.64. The molecule has 0 unspecified atom stereocenters. The molecule has 0 aromatic carbocycles. The molecule has 1 heterocycles. The van der Waals surface area contributed by atoms with Crippen LogP contribution in [0.3, 0.4) is 0 Å². The third kappa shape index (κ3) is 2.38. The van der Waals surface area contributed by atoms with Gasteiger partial charge in [0, 0.05) is 7.11 Å². The van der Waals surface area contributed by atoms with E-state index >= 15 is 0 Å². The Kier molecular flexibility index (Phi) is 4.18. The zero-order valence-corrected chi connectivity index (χ0v) is 10.4. The quantitative estimate of drug-likeness (QED) is 0.764. The van der Waals surface area contributed by atoms with Gasteiger partial charge in [-0.05, 0) is 12.8 Å². The largest absolute Gasteiger partial charge is 0.378 e. The molecular weight excluding hydrogens is 226 g/mol. The standard InChI is InChI=1S/C11H18ClN3O/c1-16-8-11-10(7-12)13-14-15(11)9-5-3-2-4-6-9/h9H,2-8H2,1H3. The summed E-state index contributed by atoms with van der Waals surface area (Å²) in [4.78, 5) is 0. The molecule has 0 saturated heterocycles. The molecule has 1 aromatic heterocycles. The molecule has 1 saturated carbocycles. The fourth-order valence-electron chi connectivity index (χ4n) is 2.36. The van der Waals surface area contributed by atoms with E-state index in [4.69, 9.17) is 16.3 Å². The summed E-state index contributed by atoms with van der Waals surface area (Å²) in [5.74, 6) is 0.408. The summed E-state index contributed by atoms with van der Waals surface area (Å²) in [6, 6.07) is 0.489. The minimum absolute atomic E-state index is 0.408. The summed E-state index contributed by atoms with van der Waals surface area (Å²) in [5.41, 5.74) is 1.90. The van der Waals surface area contributed by atoms with Crippen LogP contribution in [0.4, 0.5) is 0 Å². The maximum atomic E-state index is 5.85. The zero-order chi connectivity index (χ0) is 11.4. The van der Waals surface area contributed by atoms with Crippen LogP contribution in [-0.2, 0) is 17.2 Å². The Hall–Kier alpha value is -0.610. The highest BCUT2D eigenvalue weighted by atomic mass is 35.5. The van der Waals surface area contributed by atoms with E-state index in [2.05, 4.69) is 10.3 Å². The van der Waals surface area contributed by atoms with Crippen molar-refractivity contribution in [3.05, 3.63) is 11.4 Å². The Morgan fingerprint density at radius 1 is 1.38 bits per heavy atom. The van der Waals surface area contributed by atoms with E-state index in [1.807, 2.05) is 4.68 Å². The lowest BCUT2D eigenvalue weighted by Gasteiger charge is -2.23. The van der Waals surface area contributed by atoms with E-state index in [0.29, 0.717) is 18.5 Å². The first kappa shape index (κ1) is 11.9. The van der Waals surface area contributed by atoms with Gasteiger partial charge >= 0.3 is 0 Å². The van der Waals surface area contributed by atoms with Gasteiger partial charge in [0.2, 0.25) is 0 Å². The van der Waals surface area contributed by atoms with Crippen LogP contribution in [0.1, 0.15) is 49.5 Å². The van der Waals surface area contributed by atoms with Gasteiger partial charge < -0.3 is 4.74 Å². The highest BCUT2D eigenvalue weighted by Gasteiger charge is 2.21. The zero-order valence-electron chi connectivity index (χ0n) is 9.65. The van der Waals surface area contributed by atoms with Gasteiger partial charge in [0.1, 0.15) is 5.69 Å². The second-order valence-electron chi connectivity index (χ2n) is 4.29. The number of rotatable bonds is 4. The molecule has 1 aromatic rings. The molecule has 1 fully saturated rings. The van der Waals surface area contributed by atoms with Crippen LogP contribution in [0.5, 0.6) is 0 Å². The van der Waals surface area contributed by atoms with Gasteiger partial charge in [-0.2, -0.15) is 0 Å². The lowest BCUT2D eigenvalue weighted by Crippen LogP contribution is -2.17. The van der Waals surface area contributed by atoms with Crippen LogP contribution in [0.25, 0.3) is 0 Å². The molecular formula is C11H18ClN3O. The number of aromatic nitrogens is 3. The molecule has 16 heavy (non-hydrogen) atoms. The van der Waals surface area contributed by atoms with Crippen LogP contribution >= 0.6 is 11.6 Å². The van der Waals surface area contributed by atoms with E-state index < -0.39 is 0 Å². The summed E-state index contributed by atoms with van der Waals surface area (Å²) >= 11 is 5.85. The number of nitrogens with zero attached hydrogens (tertiary/aromatic N) is 3. The molecule has 5 heteroatoms. The topological polar surface area (TPSA) is 39.9 Å². The fourth-order valence-corrected chi connectivity index (χ4v) is 2.56. The first-order valence-corrected chi connectivity index (χ1v) is 6.38. The minimum Gasteiger partial charge on any atom is -0.378 e. The summed E-state index contributed by atoms with van der Waals surface area (Å²) in [6.45, 7) is 0.547. The van der Waals surface area contributed by atoms with E-state index in [-0.39, 0.29) is 0 Å². The van der Waals surface area contributed by atoms with Crippen LogP contribution in [-0.4, -0.2) is 22.1 Å². The molecule has 0 amide bonds. The van der Waals surface area contributed by atoms with Gasteiger partial charge in [-0.1, -0.05) is 24.5 Å². The van der Waals surface area contributed by atoms with Crippen molar-refractivity contribution in [1.82, 2.24) is 15.0 Å². The minimum atomic E-state index is 0.408. The normalized spacial score (nSPS) is 17.9. The Balaban J connectivity index is 2.20. The van der Waals surface area contributed by atoms with Gasteiger partial charge in [-0.3, -0.25) is 0 Å². The number of ether oxygens (including phenoxy) is 1. The van der Waals surface area contributed by atoms with Gasteiger partial charge in [0.25, 0.3) is 0 Å². The fraction of sp³-hybridized carbons (Fsp3) is 0.818. The van der Waals surface area contributed by atoms with Crippen molar-refractivity contribution in [2.75, 3.05) is 7.11 Å². The molecule has 1 aliphatic carbocycles. The van der Waals surface area contributed by atoms with E-state index in [1.54, 1.807) is 7.11 Å². The molecule has 0 N–H and O–H groups in total. The Bertz CT molecular complexity index is 334. The summed E-state index contributed by atoms with van der Waals surface area (Å²) < 4.78 is 7.23. The predicted octanol–water partition coefficient (Wildman–Crippen LogP) is 2.67. The van der Waals surface area contributed by atoms with Gasteiger partial charge in [0.05, 0.1) is 24.2 Å². The van der Waals surface area contributed by atoms with Crippen molar-refractivity contribution in [2.24, 2.45) is 0 Å². The van der Waals surface area contributed by atoms with Crippen molar-refractivity contribution in [3.8, 4) is 0 Å². The molecule has 0 aliphatic heterocycles. The smallest absolute Gasteiger partial charge is 0.103 e. The average molecular weight is 244 g/mol. The van der Waals surface area contributed by atoms with E-state index in [9.17, 15) is 0 Å². The van der Waals surface area contributed by atoms with Gasteiger partial charge in [0.15, 0.2) is 0 Å². The monoisotopic (exact) mass is 243 g/mol. The number of hydrogen-bond donors (Lipinski definition) is 0. The molecule has 2 rings (SSSR count). The van der Waals surface area contributed by atoms with Crippen LogP contribution in [0.15, 0.2) is 0 Å². The van der Waals surface area contributed by atoms with Gasteiger partial charge in [-0.25, -0.2) is 4.68 Å². The van der Waals surface area contributed by atoms with E-state index in [0.717, 1.165) is 11.4 Å². The SMILES string of the molecule is COCc1c(CCl)nnn1C1CCCCC1. The van der Waals surface area contributed by atoms with Crippen LogP contribution in [0, 0.1) is 0 Å². The molecule has 0 bridgehead atoms. The maximum Gasteiger partial charge on any atom is 0.103 e. The summed E-state index contributed by atoms with van der Waals surface area (Å²) in [6.07, 6.45) is 6.30. The van der Waals surface area contributed by atoms with Crippen LogP contribution < -0.4 is 0 Å². The summed E-state index contributed by atoms with van der Waals surface area (Å²) in [7, 11) is 1.69. The first-order valence-electron chi connectivity index (χ1n) is 5.84. The molecule has 0 radical (unpaired) electrons. The lowest BCUT2D eigenvalue weighted by molar-refractivity contribution is 0.170. The molecule has 4 nitrogen and oxygen atoms in total. The maximum absolute atomic E-state index is 5.85. The predicted molar refractivity (Wildman–Crippen MR) is 62.4 cm³/mol. The third-order valence-corrected chi connectivity index (χ3v) is 3.45. The Morgan fingerprint density at radius 3 is 2.75 bits per heavy atom. The van der Waals surface area contributed by atoms with Gasteiger partial charge in [-0.15, -0.1) is 16.7 Å². The molecule has 1 aliphatic rings. The average Bonchev–Trinajstić information content (AvgIpc) is 2.74. The first-order chi connectivity index (χ1) is 7.86. The Labute approximate surface area is 101 Å². The number of hydrogen-bond acceptors (Lipinski definition) is 3. The number of alkyl halides is 1. The molecule has 0 spiro atoms. The second-order valence-corrected chi connectivity index (χ2v) is 4.55. The van der Waals surface area contributed by atoms with Crippen LogP contribution in [0.2, 0.25) is 0 Å². The van der Waals surface area contributed by atoms with Crippen molar-refractivity contribution < 1.29 is 4.74 Å². The lowest BCUT2D eigenvalue weighted by atomic mass is 9.95. The van der Waals surface area contributed by atoms with E-state index in [1.165, 1.54) is 32.1 Å². The van der Waals surface area contributed by atoms with Crippen molar-refractivity contribution in [2.45, 2.75) is 50.6 Å².